The lowest BCUT2D eigenvalue weighted by Gasteiger charge is -2.29. The number of benzene rings is 1. The van der Waals surface area contributed by atoms with Gasteiger partial charge in [0.2, 0.25) is 11.8 Å². The minimum atomic E-state index is -0.549. The number of nitrogens with one attached hydrogen (secondary N) is 2. The van der Waals surface area contributed by atoms with Crippen LogP contribution in [0.3, 0.4) is 0 Å². The van der Waals surface area contributed by atoms with Crippen LogP contribution in [0.4, 0.5) is 0 Å². The third kappa shape index (κ3) is 3.69. The molecule has 4 aliphatic rings. The Balaban J connectivity index is 1.28. The molecule has 1 aromatic carbocycles. The number of fused-ring (bicyclic) bond motifs is 3. The molecule has 29 heavy (non-hydrogen) atoms. The van der Waals surface area contributed by atoms with Gasteiger partial charge in [-0.15, -0.1) is 0 Å². The van der Waals surface area contributed by atoms with Crippen LogP contribution in [0.2, 0.25) is 0 Å². The van der Waals surface area contributed by atoms with E-state index in [4.69, 9.17) is 0 Å². The van der Waals surface area contributed by atoms with Crippen molar-refractivity contribution in [1.82, 2.24) is 20.4 Å². The first kappa shape index (κ1) is 18.8. The van der Waals surface area contributed by atoms with Crippen LogP contribution in [0.25, 0.3) is 0 Å². The van der Waals surface area contributed by atoms with E-state index >= 15 is 0 Å². The van der Waals surface area contributed by atoms with Crippen molar-refractivity contribution in [2.24, 2.45) is 0 Å². The topological polar surface area (TPSA) is 81.8 Å². The van der Waals surface area contributed by atoms with Crippen LogP contribution in [0.15, 0.2) is 18.2 Å². The number of nitrogens with zero attached hydrogens (tertiary/aromatic N) is 2. The van der Waals surface area contributed by atoms with E-state index in [9.17, 15) is 14.4 Å². The monoisotopic (exact) mass is 396 g/mol. The SMILES string of the molecule is O=C1CCC(N2Cc3cc(CN4CCC5CCCC(C4)N5)ccc3C2=O)C(=O)N1. The Labute approximate surface area is 170 Å². The second-order valence-electron chi connectivity index (χ2n) is 8.91. The molecule has 7 nitrogen and oxygen atoms in total. The van der Waals surface area contributed by atoms with E-state index in [2.05, 4.69) is 27.7 Å². The maximum absolute atomic E-state index is 12.8. The van der Waals surface area contributed by atoms with Crippen molar-refractivity contribution < 1.29 is 14.4 Å². The lowest BCUT2D eigenvalue weighted by Crippen LogP contribution is -2.52. The summed E-state index contributed by atoms with van der Waals surface area (Å²) in [5.74, 6) is -0.714. The molecule has 3 atom stereocenters. The Bertz CT molecular complexity index is 854. The predicted molar refractivity (Wildman–Crippen MR) is 107 cm³/mol. The zero-order valence-corrected chi connectivity index (χ0v) is 16.7. The lowest BCUT2D eigenvalue weighted by molar-refractivity contribution is -0.136. The van der Waals surface area contributed by atoms with E-state index in [1.54, 1.807) is 4.90 Å². The Kier molecular flexibility index (Phi) is 4.87. The molecule has 0 aromatic heterocycles. The highest BCUT2D eigenvalue weighted by Gasteiger charge is 2.39. The number of piperidine rings is 2. The zero-order chi connectivity index (χ0) is 20.0. The highest BCUT2D eigenvalue weighted by Crippen LogP contribution is 2.29. The summed E-state index contributed by atoms with van der Waals surface area (Å²) in [6, 6.07) is 6.80. The first-order valence-corrected chi connectivity index (χ1v) is 10.8. The predicted octanol–water partition coefficient (Wildman–Crippen LogP) is 1.16. The van der Waals surface area contributed by atoms with Crippen molar-refractivity contribution in [1.29, 1.82) is 0 Å². The third-order valence-corrected chi connectivity index (χ3v) is 6.84. The normalized spacial score (nSPS) is 30.1. The lowest BCUT2D eigenvalue weighted by atomic mass is 9.98. The Morgan fingerprint density at radius 2 is 1.90 bits per heavy atom. The van der Waals surface area contributed by atoms with Crippen LogP contribution in [-0.2, 0) is 22.7 Å². The molecule has 2 bridgehead atoms. The van der Waals surface area contributed by atoms with Gasteiger partial charge >= 0.3 is 0 Å². The molecular weight excluding hydrogens is 368 g/mol. The fourth-order valence-electron chi connectivity index (χ4n) is 5.35. The maximum atomic E-state index is 12.8. The molecule has 0 aliphatic carbocycles. The summed E-state index contributed by atoms with van der Waals surface area (Å²) >= 11 is 0. The van der Waals surface area contributed by atoms with Crippen LogP contribution < -0.4 is 10.6 Å². The summed E-state index contributed by atoms with van der Waals surface area (Å²) in [5.41, 5.74) is 2.90. The third-order valence-electron chi connectivity index (χ3n) is 6.84. The Morgan fingerprint density at radius 1 is 1.03 bits per heavy atom. The minimum Gasteiger partial charge on any atom is -0.322 e. The quantitative estimate of drug-likeness (QED) is 0.750. The number of rotatable bonds is 3. The minimum absolute atomic E-state index is 0.103. The van der Waals surface area contributed by atoms with Gasteiger partial charge in [-0.05, 0) is 42.9 Å². The van der Waals surface area contributed by atoms with Gasteiger partial charge in [-0.2, -0.15) is 0 Å². The number of hydrogen-bond donors (Lipinski definition) is 2. The zero-order valence-electron chi connectivity index (χ0n) is 16.7. The van der Waals surface area contributed by atoms with Gasteiger partial charge in [0.05, 0.1) is 0 Å². The van der Waals surface area contributed by atoms with Crippen molar-refractivity contribution in [2.75, 3.05) is 13.1 Å². The summed E-state index contributed by atoms with van der Waals surface area (Å²) in [5, 5.41) is 6.13. The molecule has 0 saturated carbocycles. The molecule has 4 heterocycles. The van der Waals surface area contributed by atoms with E-state index in [0.29, 0.717) is 30.6 Å². The second kappa shape index (κ2) is 7.54. The van der Waals surface area contributed by atoms with E-state index in [-0.39, 0.29) is 24.1 Å². The Hall–Kier alpha value is -2.25. The molecule has 0 radical (unpaired) electrons. The molecule has 7 heteroatoms. The summed E-state index contributed by atoms with van der Waals surface area (Å²) < 4.78 is 0. The van der Waals surface area contributed by atoms with Crippen molar-refractivity contribution in [3.05, 3.63) is 34.9 Å². The number of carbonyl (C=O) groups is 3. The highest BCUT2D eigenvalue weighted by atomic mass is 16.2. The molecule has 0 spiro atoms. The first-order valence-electron chi connectivity index (χ1n) is 10.8. The van der Waals surface area contributed by atoms with Gasteiger partial charge in [-0.25, -0.2) is 0 Å². The van der Waals surface area contributed by atoms with Crippen molar-refractivity contribution in [3.63, 3.8) is 0 Å². The fraction of sp³-hybridized carbons (Fsp3) is 0.591. The van der Waals surface area contributed by atoms with Gasteiger partial charge in [-0.3, -0.25) is 24.6 Å². The smallest absolute Gasteiger partial charge is 0.255 e. The summed E-state index contributed by atoms with van der Waals surface area (Å²) in [4.78, 5) is 40.6. The maximum Gasteiger partial charge on any atom is 0.255 e. The average Bonchev–Trinajstić information content (AvgIpc) is 2.94. The van der Waals surface area contributed by atoms with Gasteiger partial charge in [0.1, 0.15) is 6.04 Å². The van der Waals surface area contributed by atoms with Crippen LogP contribution in [-0.4, -0.2) is 58.7 Å². The number of amides is 3. The molecule has 154 valence electrons. The van der Waals surface area contributed by atoms with Crippen LogP contribution in [0.1, 0.15) is 60.0 Å². The molecule has 3 amide bonds. The molecule has 2 N–H and O–H groups in total. The standard InChI is InChI=1S/C22H28N4O3/c27-20-7-6-19(21(28)24-20)26-12-15-10-14(4-5-18(15)22(26)29)11-25-9-8-16-2-1-3-17(13-25)23-16/h4-5,10,16-17,19,23H,1-3,6-9,11-13H2,(H,24,27,28). The number of hydrogen-bond acceptors (Lipinski definition) is 5. The molecule has 3 saturated heterocycles. The van der Waals surface area contributed by atoms with Crippen LogP contribution >= 0.6 is 0 Å². The number of imide groups is 1. The first-order chi connectivity index (χ1) is 14.1. The summed E-state index contributed by atoms with van der Waals surface area (Å²) in [6.45, 7) is 3.52. The van der Waals surface area contributed by atoms with E-state index in [1.165, 1.54) is 31.2 Å². The van der Waals surface area contributed by atoms with Crippen LogP contribution in [0, 0.1) is 0 Å². The molecule has 3 fully saturated rings. The van der Waals surface area contributed by atoms with Gasteiger partial charge in [0, 0.05) is 50.2 Å². The molecule has 5 rings (SSSR count). The molecule has 3 unspecified atom stereocenters. The number of carbonyl (C=O) groups excluding carboxylic acids is 3. The van der Waals surface area contributed by atoms with Crippen LogP contribution in [0.5, 0.6) is 0 Å². The van der Waals surface area contributed by atoms with Crippen molar-refractivity contribution in [2.45, 2.75) is 69.7 Å². The van der Waals surface area contributed by atoms with Gasteiger partial charge < -0.3 is 10.2 Å². The van der Waals surface area contributed by atoms with E-state index in [0.717, 1.165) is 25.2 Å². The van der Waals surface area contributed by atoms with E-state index in [1.807, 2.05) is 6.07 Å². The van der Waals surface area contributed by atoms with Gasteiger partial charge in [-0.1, -0.05) is 18.6 Å². The Morgan fingerprint density at radius 3 is 2.76 bits per heavy atom. The summed E-state index contributed by atoms with van der Waals surface area (Å²) in [7, 11) is 0. The molecule has 1 aromatic rings. The highest BCUT2D eigenvalue weighted by molar-refractivity contribution is 6.05. The molecular formula is C22H28N4O3. The average molecular weight is 396 g/mol. The molecule has 4 aliphatic heterocycles. The van der Waals surface area contributed by atoms with Gasteiger partial charge in [0.15, 0.2) is 0 Å². The van der Waals surface area contributed by atoms with Crippen molar-refractivity contribution >= 4 is 17.7 Å². The largest absolute Gasteiger partial charge is 0.322 e. The van der Waals surface area contributed by atoms with Crippen molar-refractivity contribution in [3.8, 4) is 0 Å². The second-order valence-corrected chi connectivity index (χ2v) is 8.91. The van der Waals surface area contributed by atoms with E-state index < -0.39 is 6.04 Å². The fourth-order valence-corrected chi connectivity index (χ4v) is 5.35. The summed E-state index contributed by atoms with van der Waals surface area (Å²) in [6.07, 6.45) is 5.76. The van der Waals surface area contributed by atoms with Gasteiger partial charge in [0.25, 0.3) is 5.91 Å².